The molecule has 0 bridgehead atoms. The number of carbonyl (C=O) groups excluding carboxylic acids is 3. The number of para-hydroxylation sites is 1. The van der Waals surface area contributed by atoms with Crippen LogP contribution in [0.1, 0.15) is 49.9 Å². The van der Waals surface area contributed by atoms with Crippen molar-refractivity contribution in [3.8, 4) is 0 Å². The highest BCUT2D eigenvalue weighted by molar-refractivity contribution is 8.24. The van der Waals surface area contributed by atoms with E-state index in [-0.39, 0.29) is 23.7 Å². The summed E-state index contributed by atoms with van der Waals surface area (Å²) in [6.07, 6.45) is 2.66. The maximum atomic E-state index is 12.2. The van der Waals surface area contributed by atoms with E-state index in [0.29, 0.717) is 35.0 Å². The van der Waals surface area contributed by atoms with Crippen molar-refractivity contribution in [3.05, 3.63) is 29.8 Å². The van der Waals surface area contributed by atoms with E-state index < -0.39 is 5.97 Å². The average molecular weight is 409 g/mol. The van der Waals surface area contributed by atoms with Gasteiger partial charge in [-0.3, -0.25) is 14.5 Å². The number of anilines is 1. The van der Waals surface area contributed by atoms with E-state index in [4.69, 9.17) is 17.0 Å². The molecule has 1 fully saturated rings. The molecule has 1 unspecified atom stereocenters. The summed E-state index contributed by atoms with van der Waals surface area (Å²) >= 11 is 6.62. The van der Waals surface area contributed by atoms with Crippen LogP contribution in [-0.4, -0.2) is 45.4 Å². The third kappa shape index (κ3) is 6.04. The summed E-state index contributed by atoms with van der Waals surface area (Å²) in [6.45, 7) is 4.47. The second-order valence-electron chi connectivity index (χ2n) is 6.14. The molecular formula is C19H24N2O4S2. The predicted octanol–water partition coefficient (Wildman–Crippen LogP) is 3.61. The summed E-state index contributed by atoms with van der Waals surface area (Å²) in [5.41, 5.74) is 0.806. The largest absolute Gasteiger partial charge is 0.462 e. The Bertz CT molecular complexity index is 723. The van der Waals surface area contributed by atoms with Crippen LogP contribution in [0.5, 0.6) is 0 Å². The third-order valence-electron chi connectivity index (χ3n) is 4.09. The van der Waals surface area contributed by atoms with E-state index in [2.05, 4.69) is 5.32 Å². The van der Waals surface area contributed by atoms with Gasteiger partial charge in [-0.1, -0.05) is 42.5 Å². The lowest BCUT2D eigenvalue weighted by Crippen LogP contribution is -2.31. The van der Waals surface area contributed by atoms with Crippen molar-refractivity contribution >= 4 is 51.8 Å². The molecular weight excluding hydrogens is 384 g/mol. The minimum Gasteiger partial charge on any atom is -0.462 e. The summed E-state index contributed by atoms with van der Waals surface area (Å²) in [4.78, 5) is 37.7. The molecule has 0 aromatic heterocycles. The second kappa shape index (κ2) is 10.4. The Morgan fingerprint density at radius 2 is 2.00 bits per heavy atom. The van der Waals surface area contributed by atoms with Crippen LogP contribution in [0.3, 0.4) is 0 Å². The van der Waals surface area contributed by atoms with Gasteiger partial charge in [0.1, 0.15) is 4.32 Å². The molecule has 27 heavy (non-hydrogen) atoms. The first kappa shape index (κ1) is 21.4. The van der Waals surface area contributed by atoms with Crippen LogP contribution < -0.4 is 5.32 Å². The van der Waals surface area contributed by atoms with E-state index in [1.54, 1.807) is 36.1 Å². The number of ether oxygens (including phenoxy) is 1. The van der Waals surface area contributed by atoms with Crippen molar-refractivity contribution in [1.29, 1.82) is 0 Å². The Morgan fingerprint density at radius 1 is 1.26 bits per heavy atom. The number of benzene rings is 1. The lowest BCUT2D eigenvalue weighted by molar-refractivity contribution is -0.125. The maximum absolute atomic E-state index is 12.2. The zero-order valence-corrected chi connectivity index (χ0v) is 17.2. The zero-order valence-electron chi connectivity index (χ0n) is 15.5. The van der Waals surface area contributed by atoms with Gasteiger partial charge in [0.05, 0.1) is 23.1 Å². The van der Waals surface area contributed by atoms with Crippen molar-refractivity contribution in [1.82, 2.24) is 4.90 Å². The number of esters is 1. The molecule has 1 heterocycles. The fourth-order valence-electron chi connectivity index (χ4n) is 2.70. The van der Waals surface area contributed by atoms with Crippen molar-refractivity contribution in [2.45, 2.75) is 44.8 Å². The van der Waals surface area contributed by atoms with Gasteiger partial charge in [0.15, 0.2) is 0 Å². The van der Waals surface area contributed by atoms with E-state index in [1.165, 1.54) is 11.8 Å². The van der Waals surface area contributed by atoms with Gasteiger partial charge in [0.2, 0.25) is 11.8 Å². The van der Waals surface area contributed by atoms with Crippen molar-refractivity contribution in [2.75, 3.05) is 18.5 Å². The van der Waals surface area contributed by atoms with Crippen molar-refractivity contribution in [2.24, 2.45) is 0 Å². The molecule has 1 atom stereocenters. The molecule has 1 aliphatic rings. The molecule has 0 radical (unpaired) electrons. The van der Waals surface area contributed by atoms with Gasteiger partial charge in [-0.05, 0) is 38.8 Å². The van der Waals surface area contributed by atoms with Gasteiger partial charge in [0.25, 0.3) is 0 Å². The lowest BCUT2D eigenvalue weighted by atomic mass is 10.1. The van der Waals surface area contributed by atoms with E-state index in [9.17, 15) is 14.4 Å². The number of nitrogens with one attached hydrogen (secondary N) is 1. The lowest BCUT2D eigenvalue weighted by Gasteiger charge is -2.14. The van der Waals surface area contributed by atoms with Crippen LogP contribution in [-0.2, 0) is 14.3 Å². The van der Waals surface area contributed by atoms with Gasteiger partial charge >= 0.3 is 5.97 Å². The van der Waals surface area contributed by atoms with E-state index in [1.807, 2.05) is 6.92 Å². The average Bonchev–Trinajstić information content (AvgIpc) is 2.88. The summed E-state index contributed by atoms with van der Waals surface area (Å²) in [5, 5.41) is 2.68. The molecule has 2 amide bonds. The zero-order chi connectivity index (χ0) is 19.8. The van der Waals surface area contributed by atoms with Crippen LogP contribution >= 0.6 is 24.0 Å². The second-order valence-corrected chi connectivity index (χ2v) is 8.12. The number of amides is 2. The normalized spacial score (nSPS) is 16.5. The highest BCUT2D eigenvalue weighted by Crippen LogP contribution is 2.27. The number of carbonyl (C=O) groups is 3. The molecule has 0 saturated carbocycles. The van der Waals surface area contributed by atoms with Gasteiger partial charge in [-0.15, -0.1) is 0 Å². The first-order chi connectivity index (χ1) is 12.9. The monoisotopic (exact) mass is 408 g/mol. The Balaban J connectivity index is 1.73. The maximum Gasteiger partial charge on any atom is 0.340 e. The Morgan fingerprint density at radius 3 is 2.67 bits per heavy atom. The van der Waals surface area contributed by atoms with Gasteiger partial charge in [0, 0.05) is 13.0 Å². The topological polar surface area (TPSA) is 75.7 Å². The first-order valence-electron chi connectivity index (χ1n) is 9.02. The predicted molar refractivity (Wildman–Crippen MR) is 111 cm³/mol. The molecule has 0 spiro atoms. The molecule has 1 aromatic rings. The smallest absolute Gasteiger partial charge is 0.340 e. The Hall–Kier alpha value is -1.93. The molecule has 6 nitrogen and oxygen atoms in total. The summed E-state index contributed by atoms with van der Waals surface area (Å²) in [6, 6.07) is 6.80. The highest BCUT2D eigenvalue weighted by Gasteiger charge is 2.32. The first-order valence-corrected chi connectivity index (χ1v) is 10.3. The van der Waals surface area contributed by atoms with Gasteiger partial charge in [-0.25, -0.2) is 4.79 Å². The van der Waals surface area contributed by atoms with E-state index in [0.717, 1.165) is 12.8 Å². The highest BCUT2D eigenvalue weighted by atomic mass is 32.2. The number of rotatable bonds is 9. The number of hydrogen-bond donors (Lipinski definition) is 1. The van der Waals surface area contributed by atoms with E-state index >= 15 is 0 Å². The fraction of sp³-hybridized carbons (Fsp3) is 0.474. The van der Waals surface area contributed by atoms with Crippen LogP contribution in [0, 0.1) is 0 Å². The summed E-state index contributed by atoms with van der Waals surface area (Å²) in [5.74, 6) is -0.534. The molecule has 2 rings (SSSR count). The standard InChI is InChI=1S/C19H24N2O4S2/c1-3-25-18(24)14-9-6-7-10-15(14)20-16(22)11-5-4-8-12-21-17(23)13(2)27-19(21)26/h6-7,9-10,13H,3-5,8,11-12H2,1-2H3,(H,20,22). The minimum atomic E-state index is -0.452. The van der Waals surface area contributed by atoms with Crippen LogP contribution in [0.2, 0.25) is 0 Å². The number of thiocarbonyl (C=S) groups is 1. The number of unbranched alkanes of at least 4 members (excludes halogenated alkanes) is 2. The molecule has 0 aliphatic carbocycles. The molecule has 146 valence electrons. The summed E-state index contributed by atoms with van der Waals surface area (Å²) < 4.78 is 5.64. The Labute approximate surface area is 169 Å². The van der Waals surface area contributed by atoms with Crippen LogP contribution in [0.25, 0.3) is 0 Å². The van der Waals surface area contributed by atoms with Crippen molar-refractivity contribution < 1.29 is 19.1 Å². The molecule has 1 saturated heterocycles. The SMILES string of the molecule is CCOC(=O)c1ccccc1NC(=O)CCCCCN1C(=O)C(C)SC1=S. The molecule has 1 aliphatic heterocycles. The number of nitrogens with zero attached hydrogens (tertiary/aromatic N) is 1. The van der Waals surface area contributed by atoms with Crippen LogP contribution in [0.15, 0.2) is 24.3 Å². The molecule has 8 heteroatoms. The molecule has 1 aromatic carbocycles. The summed E-state index contributed by atoms with van der Waals surface area (Å²) in [7, 11) is 0. The van der Waals surface area contributed by atoms with Crippen LogP contribution in [0.4, 0.5) is 5.69 Å². The van der Waals surface area contributed by atoms with Gasteiger partial charge in [-0.2, -0.15) is 0 Å². The quantitative estimate of drug-likeness (QED) is 0.382. The van der Waals surface area contributed by atoms with Crippen molar-refractivity contribution in [3.63, 3.8) is 0 Å². The fourth-order valence-corrected chi connectivity index (χ4v) is 4.15. The number of thioether (sulfide) groups is 1. The van der Waals surface area contributed by atoms with Gasteiger partial charge < -0.3 is 10.1 Å². The number of hydrogen-bond acceptors (Lipinski definition) is 6. The minimum absolute atomic E-state index is 0.0679. The molecule has 1 N–H and O–H groups in total. The Kier molecular flexibility index (Phi) is 8.24. The third-order valence-corrected chi connectivity index (χ3v) is 5.58.